The number of aromatic amines is 1. The Balaban J connectivity index is 0.000000160. The molecule has 3 N–H and O–H groups in total. The lowest BCUT2D eigenvalue weighted by atomic mass is 10.1. The molecule has 7 aromatic rings. The maximum Gasteiger partial charge on any atom is 0.229 e. The fourth-order valence-corrected chi connectivity index (χ4v) is 7.82. The van der Waals surface area contributed by atoms with Crippen LogP contribution in [0, 0.1) is 13.8 Å². The number of nitrogens with zero attached hydrogens (tertiary/aromatic N) is 9. The number of anilines is 4. The van der Waals surface area contributed by atoms with Crippen LogP contribution >= 0.6 is 22.7 Å². The van der Waals surface area contributed by atoms with E-state index in [-0.39, 0.29) is 12.2 Å². The van der Waals surface area contributed by atoms with Crippen LogP contribution in [0.15, 0.2) is 61.2 Å². The minimum Gasteiger partial charge on any atom is -0.497 e. The summed E-state index contributed by atoms with van der Waals surface area (Å²) in [5, 5.41) is 19.7. The highest BCUT2D eigenvalue weighted by molar-refractivity contribution is 7.16. The summed E-state index contributed by atoms with van der Waals surface area (Å²) in [7, 11) is 1.67. The van der Waals surface area contributed by atoms with E-state index in [0.717, 1.165) is 76.6 Å². The highest BCUT2D eigenvalue weighted by atomic mass is 32.1. The van der Waals surface area contributed by atoms with Crippen LogP contribution < -0.4 is 15.4 Å². The lowest BCUT2D eigenvalue weighted by Crippen LogP contribution is -2.03. The van der Waals surface area contributed by atoms with Gasteiger partial charge in [0.15, 0.2) is 10.3 Å². The molecule has 1 aromatic carbocycles. The Kier molecular flexibility index (Phi) is 9.61. The number of aryl methyl sites for hydroxylation is 2. The van der Waals surface area contributed by atoms with Gasteiger partial charge in [0.25, 0.3) is 0 Å². The number of ether oxygens (including phenoxy) is 3. The van der Waals surface area contributed by atoms with E-state index in [9.17, 15) is 0 Å². The SMILES string of the molecule is COc1ccc(Cn2cc3c(n2)COC(C)c2sc(Nc4nccc(C)n4)nc2-3)cc1.Cc1ccnc(Nc2nc3c(s2)C(C)OCc2[nH]ncc2-3)n1. The summed E-state index contributed by atoms with van der Waals surface area (Å²) >= 11 is 3.12. The Bertz CT molecular complexity index is 2370. The molecule has 0 radical (unpaired) electrons. The van der Waals surface area contributed by atoms with Gasteiger partial charge in [-0.1, -0.05) is 34.8 Å². The van der Waals surface area contributed by atoms with E-state index >= 15 is 0 Å². The third-order valence-corrected chi connectivity index (χ3v) is 10.9. The Morgan fingerprint density at radius 2 is 1.42 bits per heavy atom. The molecule has 2 aliphatic rings. The molecule has 0 bridgehead atoms. The van der Waals surface area contributed by atoms with Crippen molar-refractivity contribution in [1.82, 2.24) is 49.9 Å². The largest absolute Gasteiger partial charge is 0.497 e. The molecule has 2 aliphatic heterocycles. The summed E-state index contributed by atoms with van der Waals surface area (Å²) in [6.45, 7) is 9.57. The van der Waals surface area contributed by atoms with Gasteiger partial charge < -0.3 is 24.8 Å². The van der Waals surface area contributed by atoms with E-state index in [0.29, 0.717) is 31.7 Å². The van der Waals surface area contributed by atoms with Gasteiger partial charge in [-0.05, 0) is 57.5 Å². The van der Waals surface area contributed by atoms with Gasteiger partial charge >= 0.3 is 0 Å². The predicted molar refractivity (Wildman–Crippen MR) is 202 cm³/mol. The van der Waals surface area contributed by atoms with Crippen molar-refractivity contribution in [2.24, 2.45) is 0 Å². The summed E-state index contributed by atoms with van der Waals surface area (Å²) in [6, 6.07) is 11.7. The second-order valence-electron chi connectivity index (χ2n) is 12.5. The molecule has 0 fully saturated rings. The Labute approximate surface area is 312 Å². The molecule has 2 atom stereocenters. The molecule has 0 saturated heterocycles. The maximum atomic E-state index is 6.05. The number of hydrogen-bond donors (Lipinski definition) is 3. The highest BCUT2D eigenvalue weighted by Gasteiger charge is 2.28. The van der Waals surface area contributed by atoms with Crippen LogP contribution in [-0.2, 0) is 29.2 Å². The molecule has 2 unspecified atom stereocenters. The first-order chi connectivity index (χ1) is 25.8. The summed E-state index contributed by atoms with van der Waals surface area (Å²) in [5.41, 5.74) is 8.60. The number of rotatable bonds is 7. The molecule has 17 heteroatoms. The minimum absolute atomic E-state index is 0.0118. The molecule has 270 valence electrons. The standard InChI is InChI=1S/C22H22N6O2S.C14H14N6OS/c1-13-8-9-23-21(24-13)26-22-25-19-17-11-28(10-15-4-6-16(29-3)7-5-15)27-18(17)12-30-14(2)20(19)31-22;1-7-3-4-15-13(17-7)19-14-18-11-9-5-16-20-10(9)6-21-8(2)12(11)22-14/h4-9,11,14H,10,12H2,1-3H3,(H,23,24,25,26);3-5,8H,6H2,1-2H3,(H,16,20)(H,15,17,18,19). The fraction of sp³-hybridized carbons (Fsp3) is 0.278. The number of fused-ring (bicyclic) bond motifs is 6. The Hall–Kier alpha value is -5.62. The molecule has 0 amide bonds. The first kappa shape index (κ1) is 34.5. The van der Waals surface area contributed by atoms with Crippen molar-refractivity contribution in [2.75, 3.05) is 17.7 Å². The average molecular weight is 749 g/mol. The van der Waals surface area contributed by atoms with E-state index < -0.39 is 0 Å². The van der Waals surface area contributed by atoms with Crippen LogP contribution in [0.2, 0.25) is 0 Å². The van der Waals surface area contributed by atoms with Gasteiger partial charge in [-0.25, -0.2) is 29.9 Å². The van der Waals surface area contributed by atoms with Gasteiger partial charge in [-0.3, -0.25) is 9.78 Å². The summed E-state index contributed by atoms with van der Waals surface area (Å²) in [5.74, 6) is 1.92. The topological polar surface area (TPSA) is 176 Å². The van der Waals surface area contributed by atoms with Crippen LogP contribution in [-0.4, -0.2) is 57.0 Å². The second kappa shape index (κ2) is 14.8. The molecular weight excluding hydrogens is 713 g/mol. The number of aromatic nitrogens is 10. The summed E-state index contributed by atoms with van der Waals surface area (Å²) in [4.78, 5) is 28.9. The van der Waals surface area contributed by atoms with Crippen molar-refractivity contribution in [2.45, 2.75) is 59.7 Å². The van der Waals surface area contributed by atoms with Crippen LogP contribution in [0.3, 0.4) is 0 Å². The van der Waals surface area contributed by atoms with Gasteiger partial charge in [0.1, 0.15) is 5.75 Å². The molecule has 53 heavy (non-hydrogen) atoms. The third kappa shape index (κ3) is 7.50. The van der Waals surface area contributed by atoms with E-state index in [1.807, 2.05) is 75.0 Å². The van der Waals surface area contributed by atoms with Crippen LogP contribution in [0.25, 0.3) is 22.5 Å². The number of thiazole rings is 2. The van der Waals surface area contributed by atoms with Crippen molar-refractivity contribution >= 4 is 44.8 Å². The Morgan fingerprint density at radius 1 is 0.811 bits per heavy atom. The lowest BCUT2D eigenvalue weighted by Gasteiger charge is -2.08. The molecule has 0 spiro atoms. The van der Waals surface area contributed by atoms with Gasteiger partial charge in [0.2, 0.25) is 11.9 Å². The van der Waals surface area contributed by atoms with Crippen molar-refractivity contribution < 1.29 is 14.2 Å². The van der Waals surface area contributed by atoms with E-state index in [1.54, 1.807) is 48.4 Å². The molecular formula is C36H36N12O3S2. The van der Waals surface area contributed by atoms with Gasteiger partial charge in [-0.2, -0.15) is 10.2 Å². The lowest BCUT2D eigenvalue weighted by molar-refractivity contribution is 0.0548. The normalized spacial score (nSPS) is 15.8. The zero-order valence-corrected chi connectivity index (χ0v) is 31.2. The van der Waals surface area contributed by atoms with E-state index in [1.165, 1.54) is 0 Å². The van der Waals surface area contributed by atoms with Crippen molar-refractivity contribution in [3.05, 3.63) is 99.3 Å². The summed E-state index contributed by atoms with van der Waals surface area (Å²) < 4.78 is 19.1. The first-order valence-corrected chi connectivity index (χ1v) is 18.5. The van der Waals surface area contributed by atoms with Gasteiger partial charge in [0, 0.05) is 41.1 Å². The average Bonchev–Trinajstić information content (AvgIpc) is 3.94. The van der Waals surface area contributed by atoms with E-state index in [4.69, 9.17) is 24.3 Å². The molecule has 0 aliphatic carbocycles. The van der Waals surface area contributed by atoms with Crippen LogP contribution in [0.1, 0.15) is 64.1 Å². The fourth-order valence-electron chi connectivity index (χ4n) is 5.87. The predicted octanol–water partition coefficient (Wildman–Crippen LogP) is 7.46. The van der Waals surface area contributed by atoms with E-state index in [2.05, 4.69) is 45.8 Å². The van der Waals surface area contributed by atoms with Crippen molar-refractivity contribution in [1.29, 1.82) is 0 Å². The number of benzene rings is 1. The molecule has 6 aromatic heterocycles. The molecule has 15 nitrogen and oxygen atoms in total. The number of hydrogen-bond acceptors (Lipinski definition) is 15. The Morgan fingerprint density at radius 3 is 2.02 bits per heavy atom. The number of H-pyrrole nitrogens is 1. The quantitative estimate of drug-likeness (QED) is 0.147. The zero-order chi connectivity index (χ0) is 36.5. The van der Waals surface area contributed by atoms with Gasteiger partial charge in [0.05, 0.1) is 77.8 Å². The zero-order valence-electron chi connectivity index (χ0n) is 29.6. The van der Waals surface area contributed by atoms with Crippen LogP contribution in [0.4, 0.5) is 22.2 Å². The summed E-state index contributed by atoms with van der Waals surface area (Å²) in [6.07, 6.45) is 7.22. The minimum atomic E-state index is -0.0642. The first-order valence-electron chi connectivity index (χ1n) is 16.9. The van der Waals surface area contributed by atoms with Gasteiger partial charge in [-0.15, -0.1) is 0 Å². The number of nitrogens with one attached hydrogen (secondary N) is 3. The van der Waals surface area contributed by atoms with Crippen LogP contribution in [0.5, 0.6) is 5.75 Å². The smallest absolute Gasteiger partial charge is 0.229 e. The van der Waals surface area contributed by atoms with Crippen molar-refractivity contribution in [3.8, 4) is 28.3 Å². The maximum absolute atomic E-state index is 6.05. The van der Waals surface area contributed by atoms with Crippen molar-refractivity contribution in [3.63, 3.8) is 0 Å². The second-order valence-corrected chi connectivity index (χ2v) is 14.5. The third-order valence-electron chi connectivity index (χ3n) is 8.59. The molecule has 0 saturated carbocycles. The highest BCUT2D eigenvalue weighted by Crippen LogP contribution is 2.42. The molecule has 8 heterocycles. The molecule has 9 rings (SSSR count). The monoisotopic (exact) mass is 748 g/mol. The number of methoxy groups -OCH3 is 1.